The molecule has 2 fully saturated rings. The van der Waals surface area contributed by atoms with E-state index in [-0.39, 0.29) is 12.5 Å². The van der Waals surface area contributed by atoms with Gasteiger partial charge in [-0.1, -0.05) is 24.6 Å². The van der Waals surface area contributed by atoms with Crippen LogP contribution in [0.25, 0.3) is 0 Å². The summed E-state index contributed by atoms with van der Waals surface area (Å²) in [6.07, 6.45) is 8.65. The van der Waals surface area contributed by atoms with Crippen molar-refractivity contribution in [3.8, 4) is 5.75 Å². The molecule has 26 heavy (non-hydrogen) atoms. The highest BCUT2D eigenvalue weighted by atomic mass is 16.5. The Morgan fingerprint density at radius 2 is 1.73 bits per heavy atom. The van der Waals surface area contributed by atoms with Crippen molar-refractivity contribution in [2.45, 2.75) is 64.8 Å². The fourth-order valence-electron chi connectivity index (χ4n) is 4.39. The van der Waals surface area contributed by atoms with E-state index in [9.17, 15) is 4.79 Å². The third kappa shape index (κ3) is 5.00. The van der Waals surface area contributed by atoms with Gasteiger partial charge in [0.1, 0.15) is 5.75 Å². The van der Waals surface area contributed by atoms with Crippen LogP contribution in [0.3, 0.4) is 0 Å². The second kappa shape index (κ2) is 9.40. The number of hydrogen-bond donors (Lipinski definition) is 0. The van der Waals surface area contributed by atoms with Crippen molar-refractivity contribution >= 4 is 5.91 Å². The number of nitrogens with zero attached hydrogens (tertiary/aromatic N) is 2. The van der Waals surface area contributed by atoms with Crippen LogP contribution in [0.4, 0.5) is 0 Å². The lowest BCUT2D eigenvalue weighted by molar-refractivity contribution is -0.137. The third-order valence-corrected chi connectivity index (χ3v) is 5.92. The van der Waals surface area contributed by atoms with Gasteiger partial charge in [0.2, 0.25) is 0 Å². The maximum Gasteiger partial charge on any atom is 0.260 e. The number of benzene rings is 1. The van der Waals surface area contributed by atoms with Gasteiger partial charge in [-0.15, -0.1) is 0 Å². The van der Waals surface area contributed by atoms with E-state index in [1.165, 1.54) is 38.8 Å². The number of rotatable bonds is 6. The van der Waals surface area contributed by atoms with Gasteiger partial charge < -0.3 is 14.5 Å². The number of hydrogen-bond acceptors (Lipinski definition) is 3. The summed E-state index contributed by atoms with van der Waals surface area (Å²) in [5, 5.41) is 0. The lowest BCUT2D eigenvalue weighted by Gasteiger charge is -2.37. The first-order valence-corrected chi connectivity index (χ1v) is 10.4. The fraction of sp³-hybridized carbons (Fsp3) is 0.682. The predicted octanol–water partition coefficient (Wildman–Crippen LogP) is 3.94. The lowest BCUT2D eigenvalue weighted by atomic mass is 9.98. The van der Waals surface area contributed by atoms with Crippen LogP contribution in [-0.4, -0.2) is 54.5 Å². The number of para-hydroxylation sites is 1. The molecule has 2 heterocycles. The van der Waals surface area contributed by atoms with Gasteiger partial charge in [0.25, 0.3) is 5.91 Å². The molecule has 0 aliphatic carbocycles. The summed E-state index contributed by atoms with van der Waals surface area (Å²) in [5.41, 5.74) is 2.19. The Labute approximate surface area is 158 Å². The maximum atomic E-state index is 12.8. The number of amides is 1. The summed E-state index contributed by atoms with van der Waals surface area (Å²) < 4.78 is 5.92. The molecule has 4 heteroatoms. The Bertz CT molecular complexity index is 576. The van der Waals surface area contributed by atoms with Gasteiger partial charge in [0, 0.05) is 19.1 Å². The minimum absolute atomic E-state index is 0.149. The molecule has 0 spiro atoms. The first-order chi connectivity index (χ1) is 12.6. The highest BCUT2D eigenvalue weighted by Gasteiger charge is 2.27. The number of carbonyl (C=O) groups is 1. The van der Waals surface area contributed by atoms with Crippen molar-refractivity contribution < 1.29 is 9.53 Å². The molecular weight excluding hydrogens is 324 g/mol. The van der Waals surface area contributed by atoms with Gasteiger partial charge in [-0.05, 0) is 76.6 Å². The minimum Gasteiger partial charge on any atom is -0.483 e. The minimum atomic E-state index is 0.149. The number of likely N-dealkylation sites (tertiary alicyclic amines) is 2. The fourth-order valence-corrected chi connectivity index (χ4v) is 4.39. The summed E-state index contributed by atoms with van der Waals surface area (Å²) in [5.74, 6) is 1.01. The first kappa shape index (κ1) is 19.2. The van der Waals surface area contributed by atoms with Gasteiger partial charge in [0.15, 0.2) is 6.61 Å². The summed E-state index contributed by atoms with van der Waals surface area (Å²) >= 11 is 0. The molecule has 1 amide bonds. The topological polar surface area (TPSA) is 32.8 Å². The molecule has 1 aromatic carbocycles. The molecular formula is C22H34N2O2. The van der Waals surface area contributed by atoms with Crippen LogP contribution < -0.4 is 4.74 Å². The van der Waals surface area contributed by atoms with E-state index < -0.39 is 0 Å². The van der Waals surface area contributed by atoms with Gasteiger partial charge in [-0.2, -0.15) is 0 Å². The SMILES string of the molecule is Cc1cccc(C)c1OCC(=O)N1CCCC[C@H]1CCN1CCCCC1. The van der Waals surface area contributed by atoms with Crippen molar-refractivity contribution in [3.05, 3.63) is 29.3 Å². The quantitative estimate of drug-likeness (QED) is 0.772. The van der Waals surface area contributed by atoms with Gasteiger partial charge in [-0.3, -0.25) is 4.79 Å². The number of ether oxygens (including phenoxy) is 1. The van der Waals surface area contributed by atoms with E-state index in [2.05, 4.69) is 9.80 Å². The summed E-state index contributed by atoms with van der Waals surface area (Å²) in [7, 11) is 0. The van der Waals surface area contributed by atoms with E-state index in [0.717, 1.165) is 49.2 Å². The molecule has 0 aromatic heterocycles. The van der Waals surface area contributed by atoms with Crippen molar-refractivity contribution in [3.63, 3.8) is 0 Å². The van der Waals surface area contributed by atoms with Crippen LogP contribution in [-0.2, 0) is 4.79 Å². The molecule has 1 atom stereocenters. The molecule has 0 N–H and O–H groups in total. The van der Waals surface area contributed by atoms with Crippen molar-refractivity contribution in [2.75, 3.05) is 32.8 Å². The molecule has 2 aliphatic heterocycles. The zero-order valence-electron chi connectivity index (χ0n) is 16.5. The molecule has 0 bridgehead atoms. The second-order valence-electron chi connectivity index (χ2n) is 7.94. The van der Waals surface area contributed by atoms with E-state index in [4.69, 9.17) is 4.74 Å². The van der Waals surface area contributed by atoms with Crippen LogP contribution >= 0.6 is 0 Å². The summed E-state index contributed by atoms with van der Waals surface area (Å²) in [6.45, 7) is 8.72. The Kier molecular flexibility index (Phi) is 6.95. The molecule has 3 rings (SSSR count). The van der Waals surface area contributed by atoms with Crippen LogP contribution in [0.5, 0.6) is 5.75 Å². The van der Waals surface area contributed by atoms with Crippen molar-refractivity contribution in [2.24, 2.45) is 0 Å². The zero-order chi connectivity index (χ0) is 18.4. The Morgan fingerprint density at radius 3 is 2.46 bits per heavy atom. The molecule has 144 valence electrons. The predicted molar refractivity (Wildman–Crippen MR) is 106 cm³/mol. The van der Waals surface area contributed by atoms with Crippen LogP contribution in [0.2, 0.25) is 0 Å². The Balaban J connectivity index is 1.53. The number of carbonyl (C=O) groups excluding carboxylic acids is 1. The zero-order valence-corrected chi connectivity index (χ0v) is 16.5. The standard InChI is InChI=1S/C22H34N2O2/c1-18-9-8-10-19(2)22(18)26-17-21(25)24-15-7-4-11-20(24)12-16-23-13-5-3-6-14-23/h8-10,20H,3-7,11-17H2,1-2H3/t20-/m0/s1. The molecule has 0 saturated carbocycles. The average molecular weight is 359 g/mol. The normalized spacial score (nSPS) is 21.6. The molecule has 2 saturated heterocycles. The molecule has 2 aliphatic rings. The van der Waals surface area contributed by atoms with Crippen LogP contribution in [0.1, 0.15) is 56.1 Å². The third-order valence-electron chi connectivity index (χ3n) is 5.92. The van der Waals surface area contributed by atoms with E-state index >= 15 is 0 Å². The van der Waals surface area contributed by atoms with Gasteiger partial charge in [-0.25, -0.2) is 0 Å². The summed E-state index contributed by atoms with van der Waals surface area (Å²) in [6, 6.07) is 6.49. The second-order valence-corrected chi connectivity index (χ2v) is 7.94. The van der Waals surface area contributed by atoms with Gasteiger partial charge >= 0.3 is 0 Å². The smallest absolute Gasteiger partial charge is 0.260 e. The maximum absolute atomic E-state index is 12.8. The van der Waals surface area contributed by atoms with Crippen molar-refractivity contribution in [1.29, 1.82) is 0 Å². The van der Waals surface area contributed by atoms with Crippen LogP contribution in [0.15, 0.2) is 18.2 Å². The summed E-state index contributed by atoms with van der Waals surface area (Å²) in [4.78, 5) is 17.5. The van der Waals surface area contributed by atoms with E-state index in [1.54, 1.807) is 0 Å². The molecule has 0 unspecified atom stereocenters. The Morgan fingerprint density at radius 1 is 1.04 bits per heavy atom. The Hall–Kier alpha value is -1.55. The van der Waals surface area contributed by atoms with Crippen LogP contribution in [0, 0.1) is 13.8 Å². The van der Waals surface area contributed by atoms with Gasteiger partial charge in [0.05, 0.1) is 0 Å². The molecule has 0 radical (unpaired) electrons. The molecule has 4 nitrogen and oxygen atoms in total. The van der Waals surface area contributed by atoms with E-state index in [0.29, 0.717) is 6.04 Å². The highest BCUT2D eigenvalue weighted by Crippen LogP contribution is 2.24. The largest absolute Gasteiger partial charge is 0.483 e. The van der Waals surface area contributed by atoms with Crippen molar-refractivity contribution in [1.82, 2.24) is 9.80 Å². The number of piperidine rings is 2. The monoisotopic (exact) mass is 358 g/mol. The highest BCUT2D eigenvalue weighted by molar-refractivity contribution is 5.78. The first-order valence-electron chi connectivity index (χ1n) is 10.4. The van der Waals surface area contributed by atoms with E-state index in [1.807, 2.05) is 32.0 Å². The molecule has 1 aromatic rings. The average Bonchev–Trinajstić information content (AvgIpc) is 2.67. The lowest BCUT2D eigenvalue weighted by Crippen LogP contribution is -2.47. The number of aryl methyl sites for hydroxylation is 2.